The van der Waals surface area contributed by atoms with Crippen molar-refractivity contribution in [3.8, 4) is 11.5 Å². The smallest absolute Gasteiger partial charge is 0.224 e. The summed E-state index contributed by atoms with van der Waals surface area (Å²) in [5.74, 6) is 1.52. The van der Waals surface area contributed by atoms with Crippen molar-refractivity contribution in [1.29, 1.82) is 0 Å². The average molecular weight is 342 g/mol. The zero-order valence-corrected chi connectivity index (χ0v) is 14.9. The average Bonchev–Trinajstić information content (AvgIpc) is 2.61. The van der Waals surface area contributed by atoms with Crippen LogP contribution in [0.1, 0.15) is 24.5 Å². The van der Waals surface area contributed by atoms with Crippen LogP contribution in [0.25, 0.3) is 0 Å². The molecule has 2 aromatic rings. The molecule has 0 fully saturated rings. The van der Waals surface area contributed by atoms with Crippen LogP contribution in [0.2, 0.25) is 0 Å². The molecule has 25 heavy (non-hydrogen) atoms. The van der Waals surface area contributed by atoms with E-state index in [-0.39, 0.29) is 5.91 Å². The minimum atomic E-state index is 0.0227. The van der Waals surface area contributed by atoms with Crippen LogP contribution in [0.4, 0.5) is 5.69 Å². The maximum atomic E-state index is 12.0. The van der Waals surface area contributed by atoms with E-state index in [1.807, 2.05) is 49.4 Å². The molecule has 0 aliphatic heterocycles. The van der Waals surface area contributed by atoms with Crippen LogP contribution in [-0.2, 0) is 17.6 Å². The summed E-state index contributed by atoms with van der Waals surface area (Å²) in [7, 11) is 1.63. The summed E-state index contributed by atoms with van der Waals surface area (Å²) in [5.41, 5.74) is 8.47. The molecule has 0 aromatic heterocycles. The van der Waals surface area contributed by atoms with Crippen LogP contribution in [0.3, 0.4) is 0 Å². The minimum Gasteiger partial charge on any atom is -0.493 e. The van der Waals surface area contributed by atoms with Gasteiger partial charge in [0.15, 0.2) is 11.5 Å². The molecule has 0 saturated carbocycles. The molecule has 0 unspecified atom stereocenters. The molecule has 1 amide bonds. The minimum absolute atomic E-state index is 0.0227. The summed E-state index contributed by atoms with van der Waals surface area (Å²) in [5, 5.41) is 2.95. The largest absolute Gasteiger partial charge is 0.493 e. The summed E-state index contributed by atoms with van der Waals surface area (Å²) in [6.45, 7) is 3.19. The van der Waals surface area contributed by atoms with E-state index in [0.29, 0.717) is 25.3 Å². The van der Waals surface area contributed by atoms with Crippen molar-refractivity contribution in [2.45, 2.75) is 26.2 Å². The van der Waals surface area contributed by atoms with Crippen LogP contribution < -0.4 is 20.5 Å². The molecule has 3 N–H and O–H groups in total. The normalized spacial score (nSPS) is 10.3. The summed E-state index contributed by atoms with van der Waals surface area (Å²) in [4.78, 5) is 12.0. The van der Waals surface area contributed by atoms with Gasteiger partial charge in [-0.15, -0.1) is 0 Å². The Hall–Kier alpha value is -2.69. The number of aryl methyl sites for hydroxylation is 1. The van der Waals surface area contributed by atoms with Crippen LogP contribution in [0.15, 0.2) is 42.5 Å². The zero-order chi connectivity index (χ0) is 18.1. The molecule has 0 radical (unpaired) electrons. The van der Waals surface area contributed by atoms with E-state index in [0.717, 1.165) is 35.5 Å². The number of anilines is 1. The molecular formula is C20H26N2O3. The van der Waals surface area contributed by atoms with Crippen LogP contribution >= 0.6 is 0 Å². The number of nitrogen functional groups attached to an aromatic ring is 1. The van der Waals surface area contributed by atoms with E-state index in [1.165, 1.54) is 0 Å². The highest BCUT2D eigenvalue weighted by molar-refractivity contribution is 5.78. The lowest BCUT2D eigenvalue weighted by Gasteiger charge is -2.11. The van der Waals surface area contributed by atoms with Crippen molar-refractivity contribution >= 4 is 11.6 Å². The topological polar surface area (TPSA) is 73.6 Å². The second kappa shape index (κ2) is 9.57. The molecule has 0 aliphatic rings. The number of carbonyl (C=O) groups excluding carboxylic acids is 1. The Morgan fingerprint density at radius 2 is 1.80 bits per heavy atom. The number of carbonyl (C=O) groups is 1. The Labute approximate surface area is 149 Å². The van der Waals surface area contributed by atoms with Gasteiger partial charge in [-0.3, -0.25) is 4.79 Å². The van der Waals surface area contributed by atoms with Gasteiger partial charge in [0.25, 0.3) is 0 Å². The van der Waals surface area contributed by atoms with Crippen LogP contribution in [-0.4, -0.2) is 26.2 Å². The van der Waals surface area contributed by atoms with Crippen molar-refractivity contribution in [3.63, 3.8) is 0 Å². The van der Waals surface area contributed by atoms with E-state index in [4.69, 9.17) is 15.2 Å². The summed E-state index contributed by atoms with van der Waals surface area (Å²) < 4.78 is 10.9. The fourth-order valence-corrected chi connectivity index (χ4v) is 2.55. The highest BCUT2D eigenvalue weighted by atomic mass is 16.5. The highest BCUT2D eigenvalue weighted by Gasteiger charge is 2.06. The number of nitrogens with two attached hydrogens (primary N) is 1. The summed E-state index contributed by atoms with van der Waals surface area (Å²) in [6.07, 6.45) is 2.11. The molecule has 0 saturated heterocycles. The number of nitrogens with one attached hydrogen (secondary N) is 1. The van der Waals surface area contributed by atoms with E-state index in [9.17, 15) is 4.79 Å². The van der Waals surface area contributed by atoms with Gasteiger partial charge in [0, 0.05) is 12.2 Å². The lowest BCUT2D eigenvalue weighted by molar-refractivity contribution is -0.120. The van der Waals surface area contributed by atoms with E-state index in [1.54, 1.807) is 7.11 Å². The first-order chi connectivity index (χ1) is 12.1. The van der Waals surface area contributed by atoms with Gasteiger partial charge in [-0.1, -0.05) is 18.2 Å². The van der Waals surface area contributed by atoms with Crippen molar-refractivity contribution in [2.24, 2.45) is 0 Å². The third-order valence-corrected chi connectivity index (χ3v) is 3.84. The molecule has 2 aromatic carbocycles. The first-order valence-corrected chi connectivity index (χ1v) is 8.53. The number of hydrogen-bond donors (Lipinski definition) is 2. The Kier molecular flexibility index (Phi) is 7.14. The van der Waals surface area contributed by atoms with Gasteiger partial charge in [0.2, 0.25) is 5.91 Å². The third-order valence-electron chi connectivity index (χ3n) is 3.84. The first-order valence-electron chi connectivity index (χ1n) is 8.53. The number of benzene rings is 2. The number of methoxy groups -OCH3 is 1. The number of ether oxygens (including phenoxy) is 2. The van der Waals surface area contributed by atoms with Gasteiger partial charge < -0.3 is 20.5 Å². The van der Waals surface area contributed by atoms with Gasteiger partial charge in [-0.05, 0) is 55.2 Å². The zero-order valence-electron chi connectivity index (χ0n) is 14.9. The standard InChI is InChI=1S/C20H26N2O3/c1-3-25-19-13-15(8-11-18(19)24-2)5-4-12-22-20(23)14-16-6-9-17(21)10-7-16/h6-11,13H,3-5,12,14,21H2,1-2H3,(H,22,23). The van der Waals surface area contributed by atoms with E-state index < -0.39 is 0 Å². The predicted molar refractivity (Wildman–Crippen MR) is 100 cm³/mol. The molecule has 2 rings (SSSR count). The molecule has 134 valence electrons. The Morgan fingerprint density at radius 3 is 2.48 bits per heavy atom. The van der Waals surface area contributed by atoms with Crippen LogP contribution in [0, 0.1) is 0 Å². The second-order valence-electron chi connectivity index (χ2n) is 5.79. The first kappa shape index (κ1) is 18.6. The van der Waals surface area contributed by atoms with Gasteiger partial charge in [-0.2, -0.15) is 0 Å². The second-order valence-corrected chi connectivity index (χ2v) is 5.79. The Balaban J connectivity index is 1.76. The van der Waals surface area contributed by atoms with Crippen molar-refractivity contribution < 1.29 is 14.3 Å². The monoisotopic (exact) mass is 342 g/mol. The fraction of sp³-hybridized carbons (Fsp3) is 0.350. The molecule has 5 nitrogen and oxygen atoms in total. The van der Waals surface area contributed by atoms with Gasteiger partial charge >= 0.3 is 0 Å². The number of amides is 1. The molecule has 0 bridgehead atoms. The van der Waals surface area contributed by atoms with E-state index in [2.05, 4.69) is 5.32 Å². The third kappa shape index (κ3) is 6.03. The number of hydrogen-bond acceptors (Lipinski definition) is 4. The molecule has 0 heterocycles. The lowest BCUT2D eigenvalue weighted by atomic mass is 10.1. The quantitative estimate of drug-likeness (QED) is 0.543. The van der Waals surface area contributed by atoms with Gasteiger partial charge in [-0.25, -0.2) is 0 Å². The molecular weight excluding hydrogens is 316 g/mol. The highest BCUT2D eigenvalue weighted by Crippen LogP contribution is 2.28. The fourth-order valence-electron chi connectivity index (χ4n) is 2.55. The van der Waals surface area contributed by atoms with Crippen LogP contribution in [0.5, 0.6) is 11.5 Å². The van der Waals surface area contributed by atoms with Gasteiger partial charge in [0.05, 0.1) is 20.1 Å². The van der Waals surface area contributed by atoms with E-state index >= 15 is 0 Å². The lowest BCUT2D eigenvalue weighted by Crippen LogP contribution is -2.26. The van der Waals surface area contributed by atoms with Crippen molar-refractivity contribution in [2.75, 3.05) is 26.0 Å². The SMILES string of the molecule is CCOc1cc(CCCNC(=O)Cc2ccc(N)cc2)ccc1OC. The molecule has 0 aliphatic carbocycles. The summed E-state index contributed by atoms with van der Waals surface area (Å²) in [6, 6.07) is 13.3. The molecule has 5 heteroatoms. The Morgan fingerprint density at radius 1 is 1.08 bits per heavy atom. The maximum absolute atomic E-state index is 12.0. The maximum Gasteiger partial charge on any atom is 0.224 e. The number of rotatable bonds is 9. The predicted octanol–water partition coefficient (Wildman–Crippen LogP) is 2.97. The Bertz CT molecular complexity index is 684. The van der Waals surface area contributed by atoms with Gasteiger partial charge in [0.1, 0.15) is 0 Å². The summed E-state index contributed by atoms with van der Waals surface area (Å²) >= 11 is 0. The van der Waals surface area contributed by atoms with Crippen molar-refractivity contribution in [1.82, 2.24) is 5.32 Å². The van der Waals surface area contributed by atoms with Crippen molar-refractivity contribution in [3.05, 3.63) is 53.6 Å². The molecule has 0 atom stereocenters. The molecule has 0 spiro atoms.